The molecule has 0 fully saturated rings. The highest BCUT2D eigenvalue weighted by Gasteiger charge is 2.40. The van der Waals surface area contributed by atoms with Crippen molar-refractivity contribution in [1.29, 1.82) is 0 Å². The van der Waals surface area contributed by atoms with Crippen LogP contribution in [0.2, 0.25) is 10.0 Å². The van der Waals surface area contributed by atoms with Crippen molar-refractivity contribution in [3.8, 4) is 0 Å². The number of carboxylic acid groups (broad SMARTS) is 1. The summed E-state index contributed by atoms with van der Waals surface area (Å²) >= 11 is 11.4. The van der Waals surface area contributed by atoms with E-state index < -0.39 is 17.7 Å². The van der Waals surface area contributed by atoms with Gasteiger partial charge in [0.2, 0.25) is 6.17 Å². The van der Waals surface area contributed by atoms with Crippen LogP contribution >= 0.6 is 23.2 Å². The molecule has 16 heavy (non-hydrogen) atoms. The Morgan fingerprint density at radius 2 is 2.06 bits per heavy atom. The highest BCUT2D eigenvalue weighted by molar-refractivity contribution is 6.33. The van der Waals surface area contributed by atoms with E-state index in [4.69, 9.17) is 28.3 Å². The zero-order valence-corrected chi connectivity index (χ0v) is 9.76. The second-order valence-electron chi connectivity index (χ2n) is 3.47. The van der Waals surface area contributed by atoms with Crippen LogP contribution in [0.25, 0.3) is 0 Å². The first kappa shape index (κ1) is 13.2. The third kappa shape index (κ3) is 2.45. The zero-order chi connectivity index (χ0) is 12.5. The summed E-state index contributed by atoms with van der Waals surface area (Å²) in [6, 6.07) is 4.05. The highest BCUT2D eigenvalue weighted by Crippen LogP contribution is 2.34. The third-order valence-corrected chi connectivity index (χ3v) is 2.75. The normalized spacial score (nSPS) is 16.6. The number of aliphatic hydroxyl groups is 1. The lowest BCUT2D eigenvalue weighted by molar-refractivity contribution is -0.153. The number of hydrogen-bond donors (Lipinski definition) is 2. The molecule has 3 nitrogen and oxygen atoms in total. The van der Waals surface area contributed by atoms with Crippen molar-refractivity contribution in [3.63, 3.8) is 0 Å². The summed E-state index contributed by atoms with van der Waals surface area (Å²) in [7, 11) is 0. The van der Waals surface area contributed by atoms with Crippen LogP contribution in [0.5, 0.6) is 0 Å². The maximum atomic E-state index is 13.3. The van der Waals surface area contributed by atoms with Gasteiger partial charge in [-0.1, -0.05) is 23.2 Å². The molecular formula is C10H9Cl2FO3. The molecule has 0 heterocycles. The Bertz CT molecular complexity index is 421. The Balaban J connectivity index is 3.25. The SMILES string of the molecule is CC(O)(c1cc(Cl)ccc1Cl)C(F)C(=O)O. The van der Waals surface area contributed by atoms with Gasteiger partial charge < -0.3 is 10.2 Å². The quantitative estimate of drug-likeness (QED) is 0.885. The number of benzene rings is 1. The van der Waals surface area contributed by atoms with Gasteiger partial charge in [-0.05, 0) is 25.1 Å². The fourth-order valence-electron chi connectivity index (χ4n) is 1.26. The fraction of sp³-hybridized carbons (Fsp3) is 0.300. The summed E-state index contributed by atoms with van der Waals surface area (Å²) in [6.45, 7) is 1.03. The summed E-state index contributed by atoms with van der Waals surface area (Å²) in [5.41, 5.74) is -2.29. The van der Waals surface area contributed by atoms with Crippen molar-refractivity contribution in [3.05, 3.63) is 33.8 Å². The van der Waals surface area contributed by atoms with Crippen molar-refractivity contribution in [2.24, 2.45) is 0 Å². The number of rotatable bonds is 3. The van der Waals surface area contributed by atoms with Gasteiger partial charge in [0.1, 0.15) is 5.60 Å². The van der Waals surface area contributed by atoms with E-state index in [1.54, 1.807) is 0 Å². The van der Waals surface area contributed by atoms with Gasteiger partial charge >= 0.3 is 5.97 Å². The van der Waals surface area contributed by atoms with E-state index in [2.05, 4.69) is 0 Å². The molecule has 2 unspecified atom stereocenters. The van der Waals surface area contributed by atoms with Crippen LogP contribution in [-0.2, 0) is 10.4 Å². The lowest BCUT2D eigenvalue weighted by Gasteiger charge is -2.26. The molecule has 2 atom stereocenters. The van der Waals surface area contributed by atoms with E-state index in [0.29, 0.717) is 0 Å². The largest absolute Gasteiger partial charge is 0.479 e. The summed E-state index contributed by atoms with van der Waals surface area (Å²) < 4.78 is 13.3. The molecule has 0 aliphatic heterocycles. The second kappa shape index (κ2) is 4.57. The molecule has 0 radical (unpaired) electrons. The molecule has 0 spiro atoms. The Labute approximate surface area is 101 Å². The van der Waals surface area contributed by atoms with Gasteiger partial charge in [0.05, 0.1) is 0 Å². The van der Waals surface area contributed by atoms with Crippen LogP contribution in [0.4, 0.5) is 4.39 Å². The fourth-order valence-corrected chi connectivity index (χ4v) is 1.74. The van der Waals surface area contributed by atoms with Gasteiger partial charge in [-0.3, -0.25) is 0 Å². The Morgan fingerprint density at radius 1 is 1.50 bits per heavy atom. The van der Waals surface area contributed by atoms with E-state index >= 15 is 0 Å². The number of aliphatic carboxylic acids is 1. The molecule has 2 N–H and O–H groups in total. The van der Waals surface area contributed by atoms with Crippen LogP contribution in [0, 0.1) is 0 Å². The molecule has 88 valence electrons. The molecule has 0 aliphatic carbocycles. The van der Waals surface area contributed by atoms with Crippen LogP contribution in [-0.4, -0.2) is 22.4 Å². The average Bonchev–Trinajstić information content (AvgIpc) is 2.20. The molecule has 6 heteroatoms. The first-order valence-corrected chi connectivity index (χ1v) is 5.07. The first-order valence-electron chi connectivity index (χ1n) is 4.31. The number of alkyl halides is 1. The predicted octanol–water partition coefficient (Wildman–Crippen LogP) is 2.62. The molecule has 0 saturated carbocycles. The van der Waals surface area contributed by atoms with Crippen molar-refractivity contribution in [2.45, 2.75) is 18.7 Å². The Kier molecular flexibility index (Phi) is 3.78. The van der Waals surface area contributed by atoms with E-state index in [1.165, 1.54) is 18.2 Å². The summed E-state index contributed by atoms with van der Waals surface area (Å²) in [5, 5.41) is 18.6. The molecule has 0 saturated heterocycles. The van der Waals surface area contributed by atoms with Crippen molar-refractivity contribution < 1.29 is 19.4 Å². The Morgan fingerprint density at radius 3 is 2.56 bits per heavy atom. The van der Waals surface area contributed by atoms with Gasteiger partial charge in [-0.2, -0.15) is 0 Å². The molecule has 0 aliphatic rings. The maximum absolute atomic E-state index is 13.3. The third-order valence-electron chi connectivity index (χ3n) is 2.18. The minimum absolute atomic E-state index is 0.0540. The van der Waals surface area contributed by atoms with E-state index in [9.17, 15) is 14.3 Å². The van der Waals surface area contributed by atoms with Gasteiger partial charge in [0.15, 0.2) is 0 Å². The monoisotopic (exact) mass is 266 g/mol. The number of hydrogen-bond acceptors (Lipinski definition) is 2. The van der Waals surface area contributed by atoms with Gasteiger partial charge in [-0.15, -0.1) is 0 Å². The topological polar surface area (TPSA) is 57.5 Å². The lowest BCUT2D eigenvalue weighted by atomic mass is 9.91. The number of carbonyl (C=O) groups is 1. The van der Waals surface area contributed by atoms with Crippen LogP contribution in [0.15, 0.2) is 18.2 Å². The summed E-state index contributed by atoms with van der Waals surface area (Å²) in [5.74, 6) is -1.76. The zero-order valence-electron chi connectivity index (χ0n) is 8.25. The first-order chi connectivity index (χ1) is 7.26. The molecular weight excluding hydrogens is 258 g/mol. The average molecular weight is 267 g/mol. The number of halogens is 3. The van der Waals surface area contributed by atoms with Gasteiger partial charge in [0, 0.05) is 15.6 Å². The van der Waals surface area contributed by atoms with E-state index in [1.807, 2.05) is 0 Å². The van der Waals surface area contributed by atoms with E-state index in [0.717, 1.165) is 6.92 Å². The standard InChI is InChI=1S/C10H9Cl2FO3/c1-10(16,8(13)9(14)15)6-4-5(11)2-3-7(6)12/h2-4,8,16H,1H3,(H,14,15). The minimum Gasteiger partial charge on any atom is -0.479 e. The second-order valence-corrected chi connectivity index (χ2v) is 4.32. The van der Waals surface area contributed by atoms with Crippen molar-refractivity contribution in [2.75, 3.05) is 0 Å². The molecule has 1 rings (SSSR count). The van der Waals surface area contributed by atoms with Crippen molar-refractivity contribution in [1.82, 2.24) is 0 Å². The summed E-state index contributed by atoms with van der Waals surface area (Å²) in [6.07, 6.45) is -2.48. The lowest BCUT2D eigenvalue weighted by Crippen LogP contribution is -2.39. The van der Waals surface area contributed by atoms with Crippen LogP contribution in [0.3, 0.4) is 0 Å². The minimum atomic E-state index is -2.48. The van der Waals surface area contributed by atoms with Gasteiger partial charge in [0.25, 0.3) is 0 Å². The van der Waals surface area contributed by atoms with Crippen molar-refractivity contribution >= 4 is 29.2 Å². The van der Waals surface area contributed by atoms with Crippen LogP contribution < -0.4 is 0 Å². The predicted molar refractivity (Wildman–Crippen MR) is 58.6 cm³/mol. The van der Waals surface area contributed by atoms with E-state index in [-0.39, 0.29) is 15.6 Å². The molecule has 0 aromatic heterocycles. The molecule has 0 bridgehead atoms. The Hall–Kier alpha value is -0.840. The molecule has 1 aromatic carbocycles. The van der Waals surface area contributed by atoms with Crippen LogP contribution in [0.1, 0.15) is 12.5 Å². The molecule has 0 amide bonds. The van der Waals surface area contributed by atoms with Gasteiger partial charge in [-0.25, -0.2) is 9.18 Å². The summed E-state index contributed by atoms with van der Waals surface area (Å²) in [4.78, 5) is 10.5. The molecule has 1 aromatic rings. The smallest absolute Gasteiger partial charge is 0.341 e. The maximum Gasteiger partial charge on any atom is 0.341 e. The highest BCUT2D eigenvalue weighted by atomic mass is 35.5. The number of carboxylic acids is 1.